The number of nitrogens with two attached hydrogens (primary N) is 1. The van der Waals surface area contributed by atoms with Crippen molar-refractivity contribution in [1.29, 1.82) is 0 Å². The van der Waals surface area contributed by atoms with Crippen molar-refractivity contribution in [1.82, 2.24) is 9.97 Å². The molecule has 0 amide bonds. The largest absolute Gasteiger partial charge is 0.384 e. The summed E-state index contributed by atoms with van der Waals surface area (Å²) in [7, 11) is 0. The second kappa shape index (κ2) is 5.20. The molecule has 1 aromatic rings. The highest BCUT2D eigenvalue weighted by Crippen LogP contribution is 2.31. The zero-order valence-corrected chi connectivity index (χ0v) is 13.2. The highest BCUT2D eigenvalue weighted by Gasteiger charge is 2.38. The van der Waals surface area contributed by atoms with Gasteiger partial charge in [0.25, 0.3) is 0 Å². The molecular formula is C15H26N4O. The molecule has 1 saturated heterocycles. The molecule has 0 bridgehead atoms. The fourth-order valence-electron chi connectivity index (χ4n) is 2.95. The third-order valence-corrected chi connectivity index (χ3v) is 3.27. The lowest BCUT2D eigenvalue weighted by Gasteiger charge is -2.47. The lowest BCUT2D eigenvalue weighted by molar-refractivity contribution is -0.133. The minimum atomic E-state index is -0.202. The Balaban J connectivity index is 2.30. The zero-order chi connectivity index (χ0) is 15.0. The van der Waals surface area contributed by atoms with Gasteiger partial charge in [0.2, 0.25) is 0 Å². The number of morpholine rings is 1. The fourth-order valence-corrected chi connectivity index (χ4v) is 2.95. The van der Waals surface area contributed by atoms with Crippen LogP contribution < -0.4 is 10.6 Å². The third kappa shape index (κ3) is 3.60. The van der Waals surface area contributed by atoms with Gasteiger partial charge in [-0.2, -0.15) is 0 Å². The van der Waals surface area contributed by atoms with Crippen molar-refractivity contribution >= 4 is 11.6 Å². The maximum atomic E-state index is 6.10. The van der Waals surface area contributed by atoms with Gasteiger partial charge in [0.05, 0.1) is 11.2 Å². The highest BCUT2D eigenvalue weighted by molar-refractivity contribution is 5.48. The molecule has 0 radical (unpaired) electrons. The van der Waals surface area contributed by atoms with E-state index >= 15 is 0 Å². The van der Waals surface area contributed by atoms with E-state index in [1.165, 1.54) is 0 Å². The summed E-state index contributed by atoms with van der Waals surface area (Å²) in [4.78, 5) is 11.2. The van der Waals surface area contributed by atoms with E-state index in [0.717, 1.165) is 37.6 Å². The summed E-state index contributed by atoms with van der Waals surface area (Å²) >= 11 is 0. The number of aromatic nitrogens is 2. The maximum Gasteiger partial charge on any atom is 0.134 e. The lowest BCUT2D eigenvalue weighted by atomic mass is 9.99. The van der Waals surface area contributed by atoms with Gasteiger partial charge in [-0.05, 0) is 34.1 Å². The molecule has 2 rings (SSSR count). The van der Waals surface area contributed by atoms with Crippen molar-refractivity contribution in [3.8, 4) is 0 Å². The number of hydrogen-bond acceptors (Lipinski definition) is 5. The first kappa shape index (κ1) is 15.0. The molecular weight excluding hydrogens is 252 g/mol. The maximum absolute atomic E-state index is 6.10. The van der Waals surface area contributed by atoms with Crippen LogP contribution in [0.1, 0.15) is 46.9 Å². The Morgan fingerprint density at radius 2 is 1.80 bits per heavy atom. The highest BCUT2D eigenvalue weighted by atomic mass is 16.5. The number of hydrogen-bond donors (Lipinski definition) is 1. The predicted octanol–water partition coefficient (Wildman–Crippen LogP) is 2.41. The van der Waals surface area contributed by atoms with Crippen LogP contribution in [0.3, 0.4) is 0 Å². The van der Waals surface area contributed by atoms with Crippen LogP contribution in [0.2, 0.25) is 0 Å². The quantitative estimate of drug-likeness (QED) is 0.919. The van der Waals surface area contributed by atoms with Crippen LogP contribution in [0.15, 0.2) is 6.07 Å². The van der Waals surface area contributed by atoms with Crippen molar-refractivity contribution in [3.63, 3.8) is 0 Å². The number of anilines is 2. The summed E-state index contributed by atoms with van der Waals surface area (Å²) in [5.41, 5.74) is 5.52. The summed E-state index contributed by atoms with van der Waals surface area (Å²) in [6, 6.07) is 1.86. The van der Waals surface area contributed by atoms with E-state index in [9.17, 15) is 0 Å². The minimum Gasteiger partial charge on any atom is -0.384 e. The molecule has 0 aromatic carbocycles. The molecule has 0 atom stereocenters. The number of nitrogen functional groups attached to an aromatic ring is 1. The minimum absolute atomic E-state index is 0.202. The zero-order valence-electron chi connectivity index (χ0n) is 13.2. The van der Waals surface area contributed by atoms with Gasteiger partial charge in [-0.15, -0.1) is 0 Å². The summed E-state index contributed by atoms with van der Waals surface area (Å²) in [5, 5.41) is 0. The smallest absolute Gasteiger partial charge is 0.134 e. The van der Waals surface area contributed by atoms with Gasteiger partial charge in [0.15, 0.2) is 0 Å². The van der Waals surface area contributed by atoms with Crippen LogP contribution in [0, 0.1) is 0 Å². The van der Waals surface area contributed by atoms with Crippen LogP contribution >= 0.6 is 0 Å². The molecule has 2 N–H and O–H groups in total. The normalized spacial score (nSPS) is 20.9. The Morgan fingerprint density at radius 3 is 2.35 bits per heavy atom. The van der Waals surface area contributed by atoms with Crippen molar-refractivity contribution in [3.05, 3.63) is 11.9 Å². The van der Waals surface area contributed by atoms with Crippen LogP contribution in [-0.2, 0) is 11.2 Å². The Bertz CT molecular complexity index is 469. The van der Waals surface area contributed by atoms with E-state index in [1.54, 1.807) is 0 Å². The molecule has 2 heterocycles. The van der Waals surface area contributed by atoms with Crippen LogP contribution in [0.4, 0.5) is 11.6 Å². The van der Waals surface area contributed by atoms with Crippen molar-refractivity contribution in [2.75, 3.05) is 23.7 Å². The van der Waals surface area contributed by atoms with E-state index in [1.807, 2.05) is 6.07 Å². The fraction of sp³-hybridized carbons (Fsp3) is 0.733. The van der Waals surface area contributed by atoms with Crippen molar-refractivity contribution < 1.29 is 4.74 Å². The number of aryl methyl sites for hydroxylation is 1. The van der Waals surface area contributed by atoms with Gasteiger partial charge < -0.3 is 15.4 Å². The first-order chi connectivity index (χ1) is 9.21. The average Bonchev–Trinajstić information content (AvgIpc) is 2.24. The molecule has 1 aliphatic rings. The van der Waals surface area contributed by atoms with Crippen LogP contribution in [0.25, 0.3) is 0 Å². The predicted molar refractivity (Wildman–Crippen MR) is 81.9 cm³/mol. The average molecular weight is 278 g/mol. The molecule has 1 aliphatic heterocycles. The van der Waals surface area contributed by atoms with Crippen LogP contribution in [0.5, 0.6) is 0 Å². The molecule has 1 fully saturated rings. The molecule has 1 aromatic heterocycles. The Morgan fingerprint density at radius 1 is 1.20 bits per heavy atom. The Hall–Kier alpha value is -1.36. The topological polar surface area (TPSA) is 64.3 Å². The lowest BCUT2D eigenvalue weighted by Crippen LogP contribution is -2.57. The summed E-state index contributed by atoms with van der Waals surface area (Å²) in [6.45, 7) is 12.2. The summed E-state index contributed by atoms with van der Waals surface area (Å²) in [5.74, 6) is 2.27. The van der Waals surface area contributed by atoms with Crippen molar-refractivity contribution in [2.45, 2.75) is 58.7 Å². The molecule has 0 spiro atoms. The molecule has 0 unspecified atom stereocenters. The third-order valence-electron chi connectivity index (χ3n) is 3.27. The van der Waals surface area contributed by atoms with E-state index in [0.29, 0.717) is 5.82 Å². The Kier molecular flexibility index (Phi) is 3.91. The SMILES string of the molecule is CCCc1nc(N)cc(N2CC(C)(C)OC(C)(C)C2)n1. The monoisotopic (exact) mass is 278 g/mol. The van der Waals surface area contributed by atoms with Gasteiger partial charge in [-0.3, -0.25) is 0 Å². The summed E-state index contributed by atoms with van der Waals surface area (Å²) in [6.07, 6.45) is 1.87. The van der Waals surface area contributed by atoms with E-state index in [-0.39, 0.29) is 11.2 Å². The van der Waals surface area contributed by atoms with Gasteiger partial charge in [-0.1, -0.05) is 6.92 Å². The molecule has 112 valence electrons. The second-order valence-corrected chi connectivity index (χ2v) is 6.79. The van der Waals surface area contributed by atoms with Crippen molar-refractivity contribution in [2.24, 2.45) is 0 Å². The second-order valence-electron chi connectivity index (χ2n) is 6.79. The standard InChI is InChI=1S/C15H26N4O/c1-6-7-12-17-11(16)8-13(18-12)19-9-14(2,3)20-15(4,5)10-19/h8H,6-7,9-10H2,1-5H3,(H2,16,17,18). The molecule has 5 nitrogen and oxygen atoms in total. The molecule has 0 saturated carbocycles. The van der Waals surface area contributed by atoms with Gasteiger partial charge in [-0.25, -0.2) is 9.97 Å². The van der Waals surface area contributed by atoms with E-state index < -0.39 is 0 Å². The van der Waals surface area contributed by atoms with E-state index in [2.05, 4.69) is 49.5 Å². The Labute approximate surface area is 121 Å². The molecule has 20 heavy (non-hydrogen) atoms. The number of nitrogens with zero attached hydrogens (tertiary/aromatic N) is 3. The first-order valence-corrected chi connectivity index (χ1v) is 7.29. The van der Waals surface area contributed by atoms with Gasteiger partial charge in [0, 0.05) is 25.6 Å². The molecule has 5 heteroatoms. The van der Waals surface area contributed by atoms with E-state index in [4.69, 9.17) is 10.5 Å². The van der Waals surface area contributed by atoms with Gasteiger partial charge >= 0.3 is 0 Å². The number of ether oxygens (including phenoxy) is 1. The van der Waals surface area contributed by atoms with Gasteiger partial charge in [0.1, 0.15) is 17.5 Å². The summed E-state index contributed by atoms with van der Waals surface area (Å²) < 4.78 is 6.10. The van der Waals surface area contributed by atoms with Crippen LogP contribution in [-0.4, -0.2) is 34.3 Å². The molecule has 0 aliphatic carbocycles. The first-order valence-electron chi connectivity index (χ1n) is 7.29. The number of rotatable bonds is 3.